The van der Waals surface area contributed by atoms with Gasteiger partial charge in [0.05, 0.1) is 25.4 Å². The van der Waals surface area contributed by atoms with Crippen LogP contribution in [0.2, 0.25) is 25.7 Å². The van der Waals surface area contributed by atoms with Gasteiger partial charge in [0, 0.05) is 26.0 Å². The van der Waals surface area contributed by atoms with E-state index in [4.69, 9.17) is 9.47 Å². The fourth-order valence-electron chi connectivity index (χ4n) is 4.02. The van der Waals surface area contributed by atoms with Gasteiger partial charge in [0.2, 0.25) is 0 Å². The molecule has 2 N–H and O–H groups in total. The predicted molar refractivity (Wildman–Crippen MR) is 160 cm³/mol. The molecule has 0 radical (unpaired) electrons. The minimum Gasteiger partial charge on any atom is -0.598 e. The zero-order valence-corrected chi connectivity index (χ0v) is 28.5. The Balaban J connectivity index is 2.03. The van der Waals surface area contributed by atoms with Crippen molar-refractivity contribution in [1.82, 2.24) is 29.5 Å². The van der Waals surface area contributed by atoms with E-state index in [1.807, 2.05) is 5.32 Å². The molecule has 1 saturated heterocycles. The molecule has 3 rings (SSSR count). The number of alkyl halides is 6. The maximum Gasteiger partial charge on any atom is 0.416 e. The molecule has 2 amide bonds. The molecule has 0 spiro atoms. The molecule has 10 nitrogen and oxygen atoms in total. The summed E-state index contributed by atoms with van der Waals surface area (Å²) in [5.74, 6) is 0.147. The second-order valence-electron chi connectivity index (χ2n) is 13.7. The number of nitrogens with one attached hydrogen (secondary N) is 2. The molecule has 2 aromatic rings. The summed E-state index contributed by atoms with van der Waals surface area (Å²) in [4.78, 5) is 22.4. The number of aromatic nitrogens is 3. The second-order valence-corrected chi connectivity index (χ2v) is 21.3. The largest absolute Gasteiger partial charge is 0.598 e. The van der Waals surface area contributed by atoms with Crippen LogP contribution in [0.1, 0.15) is 52.2 Å². The molecule has 3 heterocycles. The van der Waals surface area contributed by atoms with Crippen molar-refractivity contribution >= 4 is 36.6 Å². The molecule has 18 heteroatoms. The third kappa shape index (κ3) is 9.93. The van der Waals surface area contributed by atoms with Crippen molar-refractivity contribution in [3.05, 3.63) is 23.7 Å². The fourth-order valence-corrected chi connectivity index (χ4v) is 5.56. The smallest absolute Gasteiger partial charge is 0.416 e. The Labute approximate surface area is 262 Å². The van der Waals surface area contributed by atoms with Crippen LogP contribution in [0.15, 0.2) is 12.1 Å². The van der Waals surface area contributed by atoms with Crippen LogP contribution in [0.3, 0.4) is 0 Å². The molecule has 2 unspecified atom stereocenters. The molecule has 0 saturated carbocycles. The third-order valence-electron chi connectivity index (χ3n) is 7.04. The van der Waals surface area contributed by atoms with E-state index in [1.165, 1.54) is 10.6 Å². The van der Waals surface area contributed by atoms with E-state index in [0.29, 0.717) is 12.1 Å². The number of rotatable bonds is 13. The molecular formula is C27H42F6N6O4SSi. The molecule has 0 aromatic carbocycles. The number of imidazole rings is 1. The molecule has 0 aliphatic carbocycles. The van der Waals surface area contributed by atoms with Gasteiger partial charge in [0.25, 0.3) is 0 Å². The average molecular weight is 689 g/mol. The van der Waals surface area contributed by atoms with Crippen molar-refractivity contribution in [3.8, 4) is 0 Å². The molecule has 1 fully saturated rings. The number of carbonyl (C=O) groups is 1. The van der Waals surface area contributed by atoms with E-state index >= 15 is 0 Å². The van der Waals surface area contributed by atoms with Crippen LogP contribution >= 0.6 is 0 Å². The number of fused-ring (bicyclic) bond motifs is 1. The number of carbonyl (C=O) groups excluding carboxylic acids is 1. The molecule has 2 aromatic heterocycles. The highest BCUT2D eigenvalue weighted by atomic mass is 32.2. The number of pyridine rings is 1. The quantitative estimate of drug-likeness (QED) is 0.121. The van der Waals surface area contributed by atoms with E-state index in [9.17, 15) is 35.7 Å². The summed E-state index contributed by atoms with van der Waals surface area (Å²) in [5.41, 5.74) is -1.74. The first-order valence-corrected chi connectivity index (χ1v) is 19.2. The highest BCUT2D eigenvalue weighted by molar-refractivity contribution is 7.90. The number of hydrogen-bond donors (Lipinski definition) is 2. The second kappa shape index (κ2) is 13.5. The lowest BCUT2D eigenvalue weighted by molar-refractivity contribution is -0.265. The molecular weight excluding hydrogens is 646 g/mol. The number of amides is 2. The van der Waals surface area contributed by atoms with Gasteiger partial charge in [-0.3, -0.25) is 4.57 Å². The standard InChI is InChI=1S/C27H42F6N6O4SSi/c1-24(2,3)44(41)37-19(15-43-25(4,5)27(31,32)33)22-35-18-10-9-17(13-38-14-20(26(28,29)30)36-23(38)40)34-21(18)39(22)16-42-11-12-45(6,7)8/h9-10,19-20,37H,11-16H2,1-8H3,(H,36,40)/t19-,20?,44?/m0/s1. The minimum absolute atomic E-state index is 0.115. The van der Waals surface area contributed by atoms with Crippen molar-refractivity contribution in [2.24, 2.45) is 0 Å². The highest BCUT2D eigenvalue weighted by Crippen LogP contribution is 2.34. The summed E-state index contributed by atoms with van der Waals surface area (Å²) in [5, 5.41) is 1.91. The summed E-state index contributed by atoms with van der Waals surface area (Å²) >= 11 is -1.75. The van der Waals surface area contributed by atoms with Gasteiger partial charge in [-0.2, -0.15) is 26.3 Å². The maximum atomic E-state index is 13.7. The number of nitrogens with zero attached hydrogens (tertiary/aromatic N) is 4. The van der Waals surface area contributed by atoms with E-state index < -0.39 is 73.4 Å². The molecule has 1 aliphatic heterocycles. The van der Waals surface area contributed by atoms with Gasteiger partial charge >= 0.3 is 18.4 Å². The Kier molecular flexibility index (Phi) is 11.2. The van der Waals surface area contributed by atoms with E-state index in [1.54, 1.807) is 26.8 Å². The maximum absolute atomic E-state index is 13.7. The predicted octanol–water partition coefficient (Wildman–Crippen LogP) is 5.65. The topological polar surface area (TPSA) is 117 Å². The number of ether oxygens (including phenoxy) is 2. The zero-order valence-electron chi connectivity index (χ0n) is 26.6. The number of urea groups is 1. The van der Waals surface area contributed by atoms with Gasteiger partial charge in [-0.25, -0.2) is 14.8 Å². The first-order valence-electron chi connectivity index (χ1n) is 14.3. The first-order chi connectivity index (χ1) is 20.4. The lowest BCUT2D eigenvalue weighted by Gasteiger charge is -2.32. The molecule has 0 bridgehead atoms. The highest BCUT2D eigenvalue weighted by Gasteiger charge is 2.49. The van der Waals surface area contributed by atoms with Crippen LogP contribution in [0.4, 0.5) is 31.1 Å². The van der Waals surface area contributed by atoms with Gasteiger partial charge in [0.1, 0.15) is 34.9 Å². The summed E-state index contributed by atoms with van der Waals surface area (Å²) < 4.78 is 109. The summed E-state index contributed by atoms with van der Waals surface area (Å²) in [7, 11) is -1.49. The van der Waals surface area contributed by atoms with E-state index in [0.717, 1.165) is 24.8 Å². The van der Waals surface area contributed by atoms with Crippen molar-refractivity contribution in [1.29, 1.82) is 0 Å². The van der Waals surface area contributed by atoms with E-state index in [2.05, 4.69) is 34.3 Å². The van der Waals surface area contributed by atoms with Gasteiger partial charge in [-0.05, 0) is 52.8 Å². The van der Waals surface area contributed by atoms with Crippen LogP contribution in [0.25, 0.3) is 11.2 Å². The summed E-state index contributed by atoms with van der Waals surface area (Å²) in [6.07, 6.45) is -9.30. The van der Waals surface area contributed by atoms with Gasteiger partial charge in [0.15, 0.2) is 11.2 Å². The average Bonchev–Trinajstić information content (AvgIpc) is 3.42. The lowest BCUT2D eigenvalue weighted by atomic mass is 10.1. The fraction of sp³-hybridized carbons (Fsp3) is 0.741. The van der Waals surface area contributed by atoms with Gasteiger partial charge in [-0.1, -0.05) is 19.6 Å². The normalized spacial score (nSPS) is 18.5. The van der Waals surface area contributed by atoms with E-state index in [-0.39, 0.29) is 30.4 Å². The Bertz CT molecular complexity index is 1330. The van der Waals surface area contributed by atoms with Crippen molar-refractivity contribution in [2.75, 3.05) is 19.8 Å². The third-order valence-corrected chi connectivity index (χ3v) is 10.4. The monoisotopic (exact) mass is 688 g/mol. The Hall–Kier alpha value is -2.12. The van der Waals surface area contributed by atoms with Crippen molar-refractivity contribution in [2.45, 2.75) is 108 Å². The summed E-state index contributed by atoms with van der Waals surface area (Å²) in [6, 6.07) is -0.141. The lowest BCUT2D eigenvalue weighted by Crippen LogP contribution is -2.47. The Morgan fingerprint density at radius 1 is 1.11 bits per heavy atom. The van der Waals surface area contributed by atoms with Crippen LogP contribution in [-0.4, -0.2) is 86.6 Å². The van der Waals surface area contributed by atoms with Crippen LogP contribution in [-0.2, 0) is 34.1 Å². The Morgan fingerprint density at radius 3 is 2.29 bits per heavy atom. The first kappa shape index (κ1) is 37.3. The van der Waals surface area contributed by atoms with Crippen molar-refractivity contribution in [3.63, 3.8) is 0 Å². The Morgan fingerprint density at radius 2 is 1.76 bits per heavy atom. The molecule has 1 aliphatic rings. The zero-order chi connectivity index (χ0) is 34.2. The molecule has 3 atom stereocenters. The van der Waals surface area contributed by atoms with Crippen LogP contribution < -0.4 is 10.0 Å². The minimum atomic E-state index is -4.69. The van der Waals surface area contributed by atoms with Crippen LogP contribution in [0, 0.1) is 0 Å². The van der Waals surface area contributed by atoms with Crippen LogP contribution in [0.5, 0.6) is 0 Å². The van der Waals surface area contributed by atoms with Crippen molar-refractivity contribution < 1.29 is 45.2 Å². The molecule has 256 valence electrons. The number of hydrogen-bond acceptors (Lipinski definition) is 7. The SMILES string of the molecule is CC(C)(C)[S+]([O-])N[C@@H](COC(C)(C)C(F)(F)F)c1nc2ccc(CN3CC(C(F)(F)F)NC3=O)nc2n1COCC[Si](C)(C)C. The van der Waals surface area contributed by atoms with Gasteiger partial charge < -0.3 is 24.2 Å². The number of halogens is 6. The summed E-state index contributed by atoms with van der Waals surface area (Å²) in [6.45, 7) is 12.2. The van der Waals surface area contributed by atoms with Gasteiger partial charge in [-0.15, -0.1) is 4.72 Å². The molecule has 45 heavy (non-hydrogen) atoms.